The molecule has 6 nitrogen and oxygen atoms in total. The van der Waals surface area contributed by atoms with E-state index in [-0.39, 0.29) is 18.0 Å². The number of amides is 1. The second-order valence-electron chi connectivity index (χ2n) is 5.80. The smallest absolute Gasteiger partial charge is 0.255 e. The van der Waals surface area contributed by atoms with Crippen molar-refractivity contribution in [2.24, 2.45) is 5.73 Å². The third kappa shape index (κ3) is 2.87. The maximum absolute atomic E-state index is 12.7. The number of likely N-dealkylation sites (tertiary alicyclic amines) is 1. The van der Waals surface area contributed by atoms with Gasteiger partial charge in [0.2, 0.25) is 0 Å². The number of rotatable bonds is 3. The van der Waals surface area contributed by atoms with Crippen LogP contribution < -0.4 is 5.73 Å². The standard InChI is InChI=1S/C16H21N5O/c1-12(17)14-4-2-3-8-21(14)16(22)13-5-6-15(19-10-13)20-9-7-18-11-20/h5-7,9-12,14H,2-4,8,17H2,1H3. The minimum atomic E-state index is -0.0116. The first-order chi connectivity index (χ1) is 10.7. The Hall–Kier alpha value is -2.21. The summed E-state index contributed by atoms with van der Waals surface area (Å²) in [5, 5.41) is 0. The number of hydrogen-bond acceptors (Lipinski definition) is 4. The highest BCUT2D eigenvalue weighted by atomic mass is 16.2. The molecule has 0 saturated carbocycles. The highest BCUT2D eigenvalue weighted by Crippen LogP contribution is 2.21. The lowest BCUT2D eigenvalue weighted by molar-refractivity contribution is 0.0583. The molecule has 2 aromatic heterocycles. The number of carbonyl (C=O) groups is 1. The summed E-state index contributed by atoms with van der Waals surface area (Å²) in [5.74, 6) is 0.767. The van der Waals surface area contributed by atoms with E-state index >= 15 is 0 Å². The normalized spacial score (nSPS) is 19.9. The fourth-order valence-corrected chi connectivity index (χ4v) is 2.98. The molecule has 2 N–H and O–H groups in total. The maximum atomic E-state index is 12.7. The van der Waals surface area contributed by atoms with E-state index in [4.69, 9.17) is 5.73 Å². The Balaban J connectivity index is 1.79. The number of pyridine rings is 1. The van der Waals surface area contributed by atoms with E-state index in [1.54, 1.807) is 23.3 Å². The van der Waals surface area contributed by atoms with Crippen LogP contribution >= 0.6 is 0 Å². The summed E-state index contributed by atoms with van der Waals surface area (Å²) >= 11 is 0. The minimum absolute atomic E-state index is 0.0116. The topological polar surface area (TPSA) is 77.0 Å². The summed E-state index contributed by atoms with van der Waals surface area (Å²) in [6.45, 7) is 2.74. The van der Waals surface area contributed by atoms with Crippen molar-refractivity contribution < 1.29 is 4.79 Å². The van der Waals surface area contributed by atoms with E-state index in [9.17, 15) is 4.79 Å². The van der Waals surface area contributed by atoms with Crippen molar-refractivity contribution >= 4 is 5.91 Å². The molecule has 1 fully saturated rings. The molecule has 2 unspecified atom stereocenters. The summed E-state index contributed by atoms with van der Waals surface area (Å²) in [4.78, 5) is 23.0. The lowest BCUT2D eigenvalue weighted by Gasteiger charge is -2.38. The zero-order chi connectivity index (χ0) is 15.5. The fourth-order valence-electron chi connectivity index (χ4n) is 2.98. The van der Waals surface area contributed by atoms with Crippen LogP contribution in [0.25, 0.3) is 5.82 Å². The molecule has 22 heavy (non-hydrogen) atoms. The van der Waals surface area contributed by atoms with Gasteiger partial charge in [-0.25, -0.2) is 9.97 Å². The maximum Gasteiger partial charge on any atom is 0.255 e. The Labute approximate surface area is 130 Å². The van der Waals surface area contributed by atoms with Crippen LogP contribution in [0.4, 0.5) is 0 Å². The molecule has 0 aliphatic carbocycles. The Morgan fingerprint density at radius 3 is 2.91 bits per heavy atom. The van der Waals surface area contributed by atoms with Crippen LogP contribution in [-0.4, -0.2) is 44.0 Å². The summed E-state index contributed by atoms with van der Waals surface area (Å²) in [6, 6.07) is 3.76. The molecule has 0 aromatic carbocycles. The molecule has 0 spiro atoms. The van der Waals surface area contributed by atoms with Crippen molar-refractivity contribution in [2.45, 2.75) is 38.3 Å². The van der Waals surface area contributed by atoms with E-state index in [2.05, 4.69) is 9.97 Å². The van der Waals surface area contributed by atoms with E-state index in [0.717, 1.165) is 31.6 Å². The molecule has 1 amide bonds. The van der Waals surface area contributed by atoms with Gasteiger partial charge in [-0.2, -0.15) is 0 Å². The van der Waals surface area contributed by atoms with Crippen LogP contribution in [0.2, 0.25) is 0 Å². The zero-order valence-corrected chi connectivity index (χ0v) is 12.7. The fraction of sp³-hybridized carbons (Fsp3) is 0.438. The summed E-state index contributed by atoms with van der Waals surface area (Å²) < 4.78 is 1.81. The van der Waals surface area contributed by atoms with Gasteiger partial charge in [0, 0.05) is 37.2 Å². The molecule has 3 rings (SSSR count). The van der Waals surface area contributed by atoms with Crippen LogP contribution in [0.5, 0.6) is 0 Å². The average molecular weight is 299 g/mol. The van der Waals surface area contributed by atoms with Crippen molar-refractivity contribution in [3.8, 4) is 5.82 Å². The summed E-state index contributed by atoms with van der Waals surface area (Å²) in [6.07, 6.45) is 9.97. The first kappa shape index (κ1) is 14.7. The van der Waals surface area contributed by atoms with Gasteiger partial charge in [0.25, 0.3) is 5.91 Å². The SMILES string of the molecule is CC(N)C1CCCCN1C(=O)c1ccc(-n2ccnc2)nc1. The van der Waals surface area contributed by atoms with Crippen molar-refractivity contribution in [1.82, 2.24) is 19.4 Å². The second-order valence-corrected chi connectivity index (χ2v) is 5.80. The first-order valence-corrected chi connectivity index (χ1v) is 7.68. The summed E-state index contributed by atoms with van der Waals surface area (Å²) in [7, 11) is 0. The molecule has 6 heteroatoms. The molecule has 2 atom stereocenters. The Kier molecular flexibility index (Phi) is 4.20. The first-order valence-electron chi connectivity index (χ1n) is 7.68. The highest BCUT2D eigenvalue weighted by molar-refractivity contribution is 5.94. The number of aromatic nitrogens is 3. The Morgan fingerprint density at radius 2 is 2.27 bits per heavy atom. The largest absolute Gasteiger partial charge is 0.334 e. The molecule has 0 bridgehead atoms. The number of carbonyl (C=O) groups excluding carboxylic acids is 1. The van der Waals surface area contributed by atoms with Crippen molar-refractivity contribution in [1.29, 1.82) is 0 Å². The molecule has 1 saturated heterocycles. The van der Waals surface area contributed by atoms with Gasteiger partial charge in [0.05, 0.1) is 5.56 Å². The van der Waals surface area contributed by atoms with Gasteiger partial charge in [-0.1, -0.05) is 0 Å². The minimum Gasteiger partial charge on any atom is -0.334 e. The molecule has 1 aliphatic heterocycles. The summed E-state index contributed by atoms with van der Waals surface area (Å²) in [5.41, 5.74) is 6.65. The second kappa shape index (κ2) is 6.27. The van der Waals surface area contributed by atoms with Crippen LogP contribution in [0.3, 0.4) is 0 Å². The lowest BCUT2D eigenvalue weighted by Crippen LogP contribution is -2.51. The molecule has 0 radical (unpaired) electrons. The monoisotopic (exact) mass is 299 g/mol. The molecular formula is C16H21N5O. The van der Waals surface area contributed by atoms with E-state index in [1.807, 2.05) is 30.2 Å². The molecule has 2 aromatic rings. The van der Waals surface area contributed by atoms with Gasteiger partial charge in [0.1, 0.15) is 12.1 Å². The number of nitrogens with two attached hydrogens (primary N) is 1. The lowest BCUT2D eigenvalue weighted by atomic mass is 9.96. The van der Waals surface area contributed by atoms with Gasteiger partial charge < -0.3 is 10.6 Å². The molecule has 116 valence electrons. The molecular weight excluding hydrogens is 278 g/mol. The quantitative estimate of drug-likeness (QED) is 0.934. The van der Waals surface area contributed by atoms with Crippen LogP contribution in [0.1, 0.15) is 36.5 Å². The molecule has 3 heterocycles. The predicted octanol–water partition coefficient (Wildman–Crippen LogP) is 1.61. The van der Waals surface area contributed by atoms with Gasteiger partial charge in [-0.05, 0) is 38.3 Å². The third-order valence-electron chi connectivity index (χ3n) is 4.18. The van der Waals surface area contributed by atoms with Gasteiger partial charge in [0.15, 0.2) is 0 Å². The van der Waals surface area contributed by atoms with E-state index in [1.165, 1.54) is 0 Å². The van der Waals surface area contributed by atoms with Crippen LogP contribution in [-0.2, 0) is 0 Å². The number of hydrogen-bond donors (Lipinski definition) is 1. The van der Waals surface area contributed by atoms with Crippen molar-refractivity contribution in [3.63, 3.8) is 0 Å². The van der Waals surface area contributed by atoms with Gasteiger partial charge in [-0.15, -0.1) is 0 Å². The number of nitrogens with zero attached hydrogens (tertiary/aromatic N) is 4. The van der Waals surface area contributed by atoms with Crippen molar-refractivity contribution in [3.05, 3.63) is 42.6 Å². The predicted molar refractivity (Wildman–Crippen MR) is 83.7 cm³/mol. The number of piperidine rings is 1. The molecule has 1 aliphatic rings. The van der Waals surface area contributed by atoms with E-state index in [0.29, 0.717) is 5.56 Å². The zero-order valence-electron chi connectivity index (χ0n) is 12.7. The highest BCUT2D eigenvalue weighted by Gasteiger charge is 2.29. The average Bonchev–Trinajstić information content (AvgIpc) is 3.09. The van der Waals surface area contributed by atoms with Gasteiger partial charge >= 0.3 is 0 Å². The Bertz CT molecular complexity index is 620. The number of imidazole rings is 1. The van der Waals surface area contributed by atoms with Crippen LogP contribution in [0.15, 0.2) is 37.1 Å². The van der Waals surface area contributed by atoms with E-state index < -0.39 is 0 Å². The Morgan fingerprint density at radius 1 is 1.41 bits per heavy atom. The van der Waals surface area contributed by atoms with Crippen LogP contribution in [0, 0.1) is 0 Å². The third-order valence-corrected chi connectivity index (χ3v) is 4.18. The van der Waals surface area contributed by atoms with Gasteiger partial charge in [-0.3, -0.25) is 9.36 Å². The van der Waals surface area contributed by atoms with Crippen molar-refractivity contribution in [2.75, 3.05) is 6.54 Å².